The number of anilines is 1. The molecule has 0 saturated heterocycles. The molecule has 62 valence electrons. The molecule has 2 N–H and O–H groups in total. The summed E-state index contributed by atoms with van der Waals surface area (Å²) in [6.07, 6.45) is 0.567. The third-order valence-electron chi connectivity index (χ3n) is 1.87. The van der Waals surface area contributed by atoms with E-state index >= 15 is 0 Å². The topological polar surface area (TPSA) is 44.9 Å². The lowest BCUT2D eigenvalue weighted by atomic mass is 10.1. The van der Waals surface area contributed by atoms with Crippen molar-refractivity contribution in [2.45, 2.75) is 6.42 Å². The van der Waals surface area contributed by atoms with E-state index in [0.717, 1.165) is 11.4 Å². The van der Waals surface area contributed by atoms with Gasteiger partial charge in [0.1, 0.15) is 10.5 Å². The quantitative estimate of drug-likeness (QED) is 0.598. The van der Waals surface area contributed by atoms with Crippen LogP contribution in [-0.4, -0.2) is 17.3 Å². The predicted molar refractivity (Wildman–Crippen MR) is 49.1 cm³/mol. The SMILES string of the molecule is O=C1CCNc2[nH]c(=S)ccc21. The van der Waals surface area contributed by atoms with E-state index in [4.69, 9.17) is 12.2 Å². The van der Waals surface area contributed by atoms with E-state index in [9.17, 15) is 4.79 Å². The van der Waals surface area contributed by atoms with Crippen molar-refractivity contribution in [3.8, 4) is 0 Å². The molecule has 0 aliphatic carbocycles. The Balaban J connectivity index is 2.60. The Hall–Kier alpha value is -1.16. The number of ketones is 1. The van der Waals surface area contributed by atoms with Gasteiger partial charge in [-0.3, -0.25) is 4.79 Å². The van der Waals surface area contributed by atoms with Crippen LogP contribution in [0.25, 0.3) is 0 Å². The standard InChI is InChI=1S/C8H8N2OS/c11-6-3-4-9-8-5(6)1-2-7(12)10-8/h1-2H,3-4H2,(H2,9,10,12). The van der Waals surface area contributed by atoms with Crippen molar-refractivity contribution in [2.75, 3.05) is 11.9 Å². The molecule has 12 heavy (non-hydrogen) atoms. The molecule has 3 nitrogen and oxygen atoms in total. The van der Waals surface area contributed by atoms with Crippen LogP contribution in [0.15, 0.2) is 12.1 Å². The number of carbonyl (C=O) groups excluding carboxylic acids is 1. The van der Waals surface area contributed by atoms with Crippen molar-refractivity contribution in [3.05, 3.63) is 22.3 Å². The van der Waals surface area contributed by atoms with Crippen LogP contribution in [0.1, 0.15) is 16.8 Å². The second-order valence-corrected chi connectivity index (χ2v) is 3.15. The van der Waals surface area contributed by atoms with Crippen LogP contribution in [0.3, 0.4) is 0 Å². The Morgan fingerprint density at radius 2 is 2.25 bits per heavy atom. The van der Waals surface area contributed by atoms with Crippen molar-refractivity contribution >= 4 is 23.8 Å². The van der Waals surface area contributed by atoms with Gasteiger partial charge in [-0.05, 0) is 12.1 Å². The van der Waals surface area contributed by atoms with Gasteiger partial charge in [-0.2, -0.15) is 0 Å². The molecule has 0 spiro atoms. The second-order valence-electron chi connectivity index (χ2n) is 2.71. The highest BCUT2D eigenvalue weighted by Crippen LogP contribution is 2.18. The van der Waals surface area contributed by atoms with Gasteiger partial charge < -0.3 is 10.3 Å². The van der Waals surface area contributed by atoms with Crippen LogP contribution in [-0.2, 0) is 0 Å². The maximum Gasteiger partial charge on any atom is 0.168 e. The minimum absolute atomic E-state index is 0.176. The first-order valence-corrected chi connectivity index (χ1v) is 4.18. The lowest BCUT2D eigenvalue weighted by Crippen LogP contribution is -2.18. The van der Waals surface area contributed by atoms with Gasteiger partial charge in [0.15, 0.2) is 5.78 Å². The summed E-state index contributed by atoms with van der Waals surface area (Å²) >= 11 is 4.93. The molecule has 1 aliphatic rings. The highest BCUT2D eigenvalue weighted by molar-refractivity contribution is 7.71. The lowest BCUT2D eigenvalue weighted by Gasteiger charge is -2.15. The smallest absolute Gasteiger partial charge is 0.168 e. The largest absolute Gasteiger partial charge is 0.371 e. The van der Waals surface area contributed by atoms with Gasteiger partial charge in [0.05, 0.1) is 5.56 Å². The number of hydrogen-bond donors (Lipinski definition) is 2. The Labute approximate surface area is 74.8 Å². The van der Waals surface area contributed by atoms with Crippen molar-refractivity contribution in [3.63, 3.8) is 0 Å². The number of aromatic nitrogens is 1. The average Bonchev–Trinajstić information content (AvgIpc) is 2.04. The number of Topliss-reactive ketones (excluding diaryl/α,β-unsaturated/α-hetero) is 1. The van der Waals surface area contributed by atoms with Crippen LogP contribution in [0, 0.1) is 4.64 Å². The second kappa shape index (κ2) is 2.71. The number of nitrogens with one attached hydrogen (secondary N) is 2. The first-order valence-electron chi connectivity index (χ1n) is 3.78. The molecule has 0 atom stereocenters. The van der Waals surface area contributed by atoms with Gasteiger partial charge in [0, 0.05) is 13.0 Å². The summed E-state index contributed by atoms with van der Waals surface area (Å²) in [6.45, 7) is 0.696. The number of carbonyl (C=O) groups is 1. The molecule has 0 unspecified atom stereocenters. The third-order valence-corrected chi connectivity index (χ3v) is 2.11. The van der Waals surface area contributed by atoms with Crippen molar-refractivity contribution in [2.24, 2.45) is 0 Å². The van der Waals surface area contributed by atoms with E-state index in [-0.39, 0.29) is 5.78 Å². The Morgan fingerprint density at radius 1 is 1.42 bits per heavy atom. The summed E-state index contributed by atoms with van der Waals surface area (Å²) < 4.78 is 0.649. The Morgan fingerprint density at radius 3 is 3.08 bits per heavy atom. The monoisotopic (exact) mass is 180 g/mol. The molecule has 0 saturated carbocycles. The molecule has 0 bridgehead atoms. The normalized spacial score (nSPS) is 15.2. The van der Waals surface area contributed by atoms with Gasteiger partial charge in [-0.25, -0.2) is 0 Å². The van der Waals surface area contributed by atoms with E-state index in [0.29, 0.717) is 17.6 Å². The zero-order valence-electron chi connectivity index (χ0n) is 6.39. The first-order chi connectivity index (χ1) is 5.77. The van der Waals surface area contributed by atoms with Gasteiger partial charge in [-0.1, -0.05) is 12.2 Å². The summed E-state index contributed by atoms with van der Waals surface area (Å²) in [5.41, 5.74) is 0.717. The number of H-pyrrole nitrogens is 1. The number of aromatic amines is 1. The van der Waals surface area contributed by atoms with Gasteiger partial charge >= 0.3 is 0 Å². The van der Waals surface area contributed by atoms with Crippen LogP contribution in [0.5, 0.6) is 0 Å². The van der Waals surface area contributed by atoms with Crippen molar-refractivity contribution in [1.29, 1.82) is 0 Å². The predicted octanol–water partition coefficient (Wildman–Crippen LogP) is 1.74. The summed E-state index contributed by atoms with van der Waals surface area (Å²) in [4.78, 5) is 14.2. The fraction of sp³-hybridized carbons (Fsp3) is 0.250. The molecule has 0 amide bonds. The maximum absolute atomic E-state index is 11.3. The molecule has 0 radical (unpaired) electrons. The molecule has 2 heterocycles. The average molecular weight is 180 g/mol. The summed E-state index contributed by atoms with van der Waals surface area (Å²) in [5, 5.41) is 3.09. The maximum atomic E-state index is 11.3. The van der Waals surface area contributed by atoms with E-state index in [2.05, 4.69) is 10.3 Å². The van der Waals surface area contributed by atoms with E-state index in [1.165, 1.54) is 0 Å². The molecule has 1 aromatic heterocycles. The molecule has 0 aromatic carbocycles. The van der Waals surface area contributed by atoms with E-state index in [1.807, 2.05) is 0 Å². The molecular weight excluding hydrogens is 172 g/mol. The summed E-state index contributed by atoms with van der Waals surface area (Å²) in [7, 11) is 0. The number of hydrogen-bond acceptors (Lipinski definition) is 3. The van der Waals surface area contributed by atoms with E-state index < -0.39 is 0 Å². The molecule has 0 fully saturated rings. The third kappa shape index (κ3) is 1.14. The number of pyridine rings is 1. The molecule has 1 aromatic rings. The highest BCUT2D eigenvalue weighted by Gasteiger charge is 2.15. The Bertz CT molecular complexity index is 383. The minimum Gasteiger partial charge on any atom is -0.371 e. The molecule has 1 aliphatic heterocycles. The number of rotatable bonds is 0. The first kappa shape index (κ1) is 7.49. The van der Waals surface area contributed by atoms with Crippen molar-refractivity contribution in [1.82, 2.24) is 4.98 Å². The zero-order valence-corrected chi connectivity index (χ0v) is 7.20. The minimum atomic E-state index is 0.176. The molecular formula is C8H8N2OS. The van der Waals surface area contributed by atoms with E-state index in [1.54, 1.807) is 12.1 Å². The van der Waals surface area contributed by atoms with Crippen LogP contribution >= 0.6 is 12.2 Å². The lowest BCUT2D eigenvalue weighted by molar-refractivity contribution is 0.0983. The van der Waals surface area contributed by atoms with Crippen LogP contribution < -0.4 is 5.32 Å². The van der Waals surface area contributed by atoms with Crippen molar-refractivity contribution < 1.29 is 4.79 Å². The zero-order chi connectivity index (χ0) is 8.55. The number of fused-ring (bicyclic) bond motifs is 1. The summed E-state index contributed by atoms with van der Waals surface area (Å²) in [6, 6.07) is 3.50. The fourth-order valence-corrected chi connectivity index (χ4v) is 1.45. The molecule has 4 heteroatoms. The van der Waals surface area contributed by atoms with Gasteiger partial charge in [0.25, 0.3) is 0 Å². The van der Waals surface area contributed by atoms with Crippen LogP contribution in [0.4, 0.5) is 5.82 Å². The van der Waals surface area contributed by atoms with Gasteiger partial charge in [0.2, 0.25) is 0 Å². The fourth-order valence-electron chi connectivity index (χ4n) is 1.28. The van der Waals surface area contributed by atoms with Crippen LogP contribution in [0.2, 0.25) is 0 Å². The molecule has 2 rings (SSSR count). The highest BCUT2D eigenvalue weighted by atomic mass is 32.1. The Kier molecular flexibility index (Phi) is 1.69. The van der Waals surface area contributed by atoms with Gasteiger partial charge in [-0.15, -0.1) is 0 Å². The summed E-state index contributed by atoms with van der Waals surface area (Å²) in [5.74, 6) is 0.939.